The first-order valence-corrected chi connectivity index (χ1v) is 9.71. The lowest BCUT2D eigenvalue weighted by atomic mass is 10.1. The highest BCUT2D eigenvalue weighted by Crippen LogP contribution is 2.19. The predicted molar refractivity (Wildman–Crippen MR) is 94.0 cm³/mol. The zero-order valence-corrected chi connectivity index (χ0v) is 15.4. The first-order valence-electron chi connectivity index (χ1n) is 8.34. The molecule has 1 heterocycles. The molecule has 1 aromatic heterocycles. The summed E-state index contributed by atoms with van der Waals surface area (Å²) >= 11 is 7.43. The molecule has 4 nitrogen and oxygen atoms in total. The maximum atomic E-state index is 5.82. The molecule has 0 aliphatic heterocycles. The van der Waals surface area contributed by atoms with Gasteiger partial charge in [-0.2, -0.15) is 15.0 Å². The molecule has 0 atom stereocenters. The molecule has 0 saturated heterocycles. The maximum Gasteiger partial charge on any atom is 0.321 e. The molecule has 0 bridgehead atoms. The Balaban J connectivity index is 1.98. The fraction of sp³-hybridized carbons (Fsp3) is 0.812. The summed E-state index contributed by atoms with van der Waals surface area (Å²) in [7, 11) is 1.53. The average molecular weight is 346 g/mol. The summed E-state index contributed by atoms with van der Waals surface area (Å²) in [5.41, 5.74) is 0. The van der Waals surface area contributed by atoms with Crippen LogP contribution in [-0.4, -0.2) is 27.8 Å². The van der Waals surface area contributed by atoms with Crippen LogP contribution in [0.5, 0.6) is 6.01 Å². The molecule has 0 fully saturated rings. The van der Waals surface area contributed by atoms with Crippen LogP contribution in [-0.2, 0) is 0 Å². The summed E-state index contributed by atoms with van der Waals surface area (Å²) in [6, 6.07) is 0.283. The van der Waals surface area contributed by atoms with Gasteiger partial charge in [0.25, 0.3) is 0 Å². The third-order valence-electron chi connectivity index (χ3n) is 3.48. The predicted octanol–water partition coefficient (Wildman–Crippen LogP) is 5.55. The van der Waals surface area contributed by atoms with Crippen molar-refractivity contribution in [1.82, 2.24) is 15.0 Å². The van der Waals surface area contributed by atoms with E-state index in [1.54, 1.807) is 11.8 Å². The number of thioether (sulfide) groups is 1. The normalized spacial score (nSPS) is 10.9. The molecule has 0 radical (unpaired) electrons. The highest BCUT2D eigenvalue weighted by molar-refractivity contribution is 7.99. The lowest BCUT2D eigenvalue weighted by Gasteiger charge is -2.03. The molecule has 1 aromatic rings. The van der Waals surface area contributed by atoms with Crippen molar-refractivity contribution in [3.05, 3.63) is 5.28 Å². The van der Waals surface area contributed by atoms with Crippen LogP contribution >= 0.6 is 23.4 Å². The summed E-state index contributed by atoms with van der Waals surface area (Å²) in [5, 5.41) is 0.838. The zero-order chi connectivity index (χ0) is 16.0. The van der Waals surface area contributed by atoms with Gasteiger partial charge in [-0.25, -0.2) is 0 Å². The Morgan fingerprint density at radius 3 is 2.05 bits per heavy atom. The van der Waals surface area contributed by atoms with Crippen molar-refractivity contribution in [2.24, 2.45) is 0 Å². The summed E-state index contributed by atoms with van der Waals surface area (Å²) in [5.74, 6) is 1.01. The van der Waals surface area contributed by atoms with Gasteiger partial charge in [0.05, 0.1) is 7.11 Å². The Hall–Kier alpha value is -0.550. The Labute approximate surface area is 143 Å². The van der Waals surface area contributed by atoms with E-state index in [-0.39, 0.29) is 11.3 Å². The quantitative estimate of drug-likeness (QED) is 0.346. The second-order valence-corrected chi connectivity index (χ2v) is 6.80. The molecule has 0 unspecified atom stereocenters. The molecular weight excluding hydrogens is 318 g/mol. The van der Waals surface area contributed by atoms with Crippen LogP contribution < -0.4 is 4.74 Å². The van der Waals surface area contributed by atoms with Crippen LogP contribution in [0.3, 0.4) is 0 Å². The highest BCUT2D eigenvalue weighted by atomic mass is 35.5. The molecule has 0 amide bonds. The number of aromatic nitrogens is 3. The van der Waals surface area contributed by atoms with Crippen molar-refractivity contribution < 1.29 is 4.74 Å². The molecule has 0 aliphatic carbocycles. The third-order valence-corrected chi connectivity index (χ3v) is 4.58. The second kappa shape index (κ2) is 12.9. The monoisotopic (exact) mass is 345 g/mol. The van der Waals surface area contributed by atoms with E-state index in [9.17, 15) is 0 Å². The zero-order valence-electron chi connectivity index (χ0n) is 13.8. The number of unbranched alkanes of at least 4 members (excludes halogenated alkanes) is 9. The van der Waals surface area contributed by atoms with Crippen molar-refractivity contribution in [3.63, 3.8) is 0 Å². The molecule has 0 saturated carbocycles. The van der Waals surface area contributed by atoms with Crippen LogP contribution in [0.2, 0.25) is 5.28 Å². The highest BCUT2D eigenvalue weighted by Gasteiger charge is 2.05. The van der Waals surface area contributed by atoms with E-state index in [2.05, 4.69) is 21.9 Å². The van der Waals surface area contributed by atoms with Gasteiger partial charge in [-0.05, 0) is 18.0 Å². The van der Waals surface area contributed by atoms with Crippen LogP contribution in [0, 0.1) is 0 Å². The van der Waals surface area contributed by atoms with E-state index in [1.807, 2.05) is 0 Å². The van der Waals surface area contributed by atoms with Crippen LogP contribution in [0.15, 0.2) is 5.16 Å². The van der Waals surface area contributed by atoms with Gasteiger partial charge in [0, 0.05) is 5.75 Å². The van der Waals surface area contributed by atoms with Gasteiger partial charge in [0.15, 0.2) is 5.16 Å². The Morgan fingerprint density at radius 2 is 1.45 bits per heavy atom. The standard InChI is InChI=1S/C16H28ClN3OS/c1-3-4-5-6-7-8-9-10-11-12-13-22-16-19-14(17)18-15(20-16)21-2/h3-13H2,1-2H3. The molecule has 0 N–H and O–H groups in total. The van der Waals surface area contributed by atoms with Crippen LogP contribution in [0.25, 0.3) is 0 Å². The fourth-order valence-electron chi connectivity index (χ4n) is 2.22. The Bertz CT molecular complexity index is 407. The molecule has 22 heavy (non-hydrogen) atoms. The number of halogens is 1. The van der Waals surface area contributed by atoms with Crippen LogP contribution in [0.1, 0.15) is 71.1 Å². The molecule has 0 spiro atoms. The largest absolute Gasteiger partial charge is 0.467 e. The van der Waals surface area contributed by atoms with Gasteiger partial charge in [0.1, 0.15) is 0 Å². The van der Waals surface area contributed by atoms with E-state index in [4.69, 9.17) is 16.3 Å². The first kappa shape index (κ1) is 19.5. The van der Waals surface area contributed by atoms with Gasteiger partial charge >= 0.3 is 6.01 Å². The molecule has 0 aliphatic rings. The van der Waals surface area contributed by atoms with E-state index in [0.29, 0.717) is 5.16 Å². The topological polar surface area (TPSA) is 47.9 Å². The maximum absolute atomic E-state index is 5.82. The molecule has 0 aromatic carbocycles. The minimum absolute atomic E-state index is 0.192. The fourth-order valence-corrected chi connectivity index (χ4v) is 3.25. The Kier molecular flexibility index (Phi) is 11.5. The molecule has 126 valence electrons. The number of hydrogen-bond donors (Lipinski definition) is 0. The average Bonchev–Trinajstić information content (AvgIpc) is 2.52. The van der Waals surface area contributed by atoms with Crippen molar-refractivity contribution in [2.75, 3.05) is 12.9 Å². The molecular formula is C16H28ClN3OS. The number of nitrogens with zero attached hydrogens (tertiary/aromatic N) is 3. The van der Waals surface area contributed by atoms with E-state index < -0.39 is 0 Å². The SMILES string of the molecule is CCCCCCCCCCCCSc1nc(Cl)nc(OC)n1. The number of hydrogen-bond acceptors (Lipinski definition) is 5. The smallest absolute Gasteiger partial charge is 0.321 e. The number of ether oxygens (including phenoxy) is 1. The van der Waals surface area contributed by atoms with E-state index in [1.165, 1.54) is 71.3 Å². The van der Waals surface area contributed by atoms with Gasteiger partial charge in [-0.3, -0.25) is 0 Å². The van der Waals surface area contributed by atoms with Gasteiger partial charge in [-0.1, -0.05) is 76.5 Å². The number of rotatable bonds is 13. The second-order valence-electron chi connectivity index (χ2n) is 5.40. The number of methoxy groups -OCH3 is 1. The third kappa shape index (κ3) is 9.46. The van der Waals surface area contributed by atoms with Crippen molar-refractivity contribution in [3.8, 4) is 6.01 Å². The van der Waals surface area contributed by atoms with E-state index in [0.717, 1.165) is 5.75 Å². The van der Waals surface area contributed by atoms with E-state index >= 15 is 0 Å². The van der Waals surface area contributed by atoms with Crippen molar-refractivity contribution in [1.29, 1.82) is 0 Å². The summed E-state index contributed by atoms with van der Waals surface area (Å²) in [6.45, 7) is 2.26. The van der Waals surface area contributed by atoms with Gasteiger partial charge in [-0.15, -0.1) is 0 Å². The first-order chi connectivity index (χ1) is 10.8. The summed E-state index contributed by atoms with van der Waals surface area (Å²) in [6.07, 6.45) is 13.5. The van der Waals surface area contributed by atoms with Gasteiger partial charge < -0.3 is 4.74 Å². The van der Waals surface area contributed by atoms with Crippen molar-refractivity contribution >= 4 is 23.4 Å². The Morgan fingerprint density at radius 1 is 0.864 bits per heavy atom. The van der Waals surface area contributed by atoms with Gasteiger partial charge in [0.2, 0.25) is 5.28 Å². The molecule has 6 heteroatoms. The summed E-state index contributed by atoms with van der Waals surface area (Å²) < 4.78 is 4.98. The lowest BCUT2D eigenvalue weighted by Crippen LogP contribution is -1.97. The van der Waals surface area contributed by atoms with Crippen LogP contribution in [0.4, 0.5) is 0 Å². The minimum Gasteiger partial charge on any atom is -0.467 e. The summed E-state index contributed by atoms with van der Waals surface area (Å²) in [4.78, 5) is 12.1. The molecule has 1 rings (SSSR count). The van der Waals surface area contributed by atoms with Crippen molar-refractivity contribution in [2.45, 2.75) is 76.3 Å². The lowest BCUT2D eigenvalue weighted by molar-refractivity contribution is 0.373. The minimum atomic E-state index is 0.192.